The van der Waals surface area contributed by atoms with Crippen molar-refractivity contribution in [1.82, 2.24) is 14.9 Å². The first kappa shape index (κ1) is 13.6. The van der Waals surface area contributed by atoms with E-state index >= 15 is 0 Å². The number of hydrogen-bond donors (Lipinski definition) is 1. The summed E-state index contributed by atoms with van der Waals surface area (Å²) in [6.45, 7) is 4.03. The molecule has 20 heavy (non-hydrogen) atoms. The highest BCUT2D eigenvalue weighted by Gasteiger charge is 2.26. The van der Waals surface area contributed by atoms with Crippen molar-refractivity contribution in [2.45, 2.75) is 44.9 Å². The maximum atomic E-state index is 5.83. The van der Waals surface area contributed by atoms with Crippen LogP contribution >= 0.6 is 0 Å². The van der Waals surface area contributed by atoms with Crippen molar-refractivity contribution < 1.29 is 4.74 Å². The molecule has 2 atom stereocenters. The predicted molar refractivity (Wildman–Crippen MR) is 80.9 cm³/mol. The van der Waals surface area contributed by atoms with Crippen molar-refractivity contribution in [1.29, 1.82) is 0 Å². The molecule has 0 radical (unpaired) electrons. The van der Waals surface area contributed by atoms with E-state index in [1.165, 1.54) is 11.9 Å². The number of fused-ring (bicyclic) bond motifs is 1. The molecule has 1 aromatic carbocycles. The van der Waals surface area contributed by atoms with Crippen LogP contribution in [0, 0.1) is 0 Å². The van der Waals surface area contributed by atoms with Crippen LogP contribution in [-0.4, -0.2) is 35.4 Å². The molecule has 1 aliphatic rings. The van der Waals surface area contributed by atoms with Gasteiger partial charge in [0.25, 0.3) is 0 Å². The van der Waals surface area contributed by atoms with Gasteiger partial charge in [-0.1, -0.05) is 12.1 Å². The molecule has 1 saturated heterocycles. The van der Waals surface area contributed by atoms with E-state index in [2.05, 4.69) is 41.1 Å². The van der Waals surface area contributed by atoms with Crippen molar-refractivity contribution in [2.75, 3.05) is 13.7 Å². The second-order valence-corrected chi connectivity index (χ2v) is 5.41. The van der Waals surface area contributed by atoms with Gasteiger partial charge in [-0.05, 0) is 38.9 Å². The van der Waals surface area contributed by atoms with Gasteiger partial charge in [0.1, 0.15) is 5.82 Å². The number of ether oxygens (including phenoxy) is 1. The largest absolute Gasteiger partial charge is 0.377 e. The molecule has 108 valence electrons. The van der Waals surface area contributed by atoms with Crippen LogP contribution in [0.15, 0.2) is 24.3 Å². The Labute approximate surface area is 120 Å². The highest BCUT2D eigenvalue weighted by Crippen LogP contribution is 2.21. The Kier molecular flexibility index (Phi) is 4.03. The van der Waals surface area contributed by atoms with Crippen molar-refractivity contribution >= 4 is 11.0 Å². The van der Waals surface area contributed by atoms with Crippen molar-refractivity contribution in [3.63, 3.8) is 0 Å². The van der Waals surface area contributed by atoms with E-state index in [9.17, 15) is 0 Å². The summed E-state index contributed by atoms with van der Waals surface area (Å²) in [4.78, 5) is 4.81. The molecule has 0 spiro atoms. The van der Waals surface area contributed by atoms with E-state index < -0.39 is 0 Å². The van der Waals surface area contributed by atoms with E-state index in [0.29, 0.717) is 12.1 Å². The summed E-state index contributed by atoms with van der Waals surface area (Å²) in [7, 11) is 2.02. The van der Waals surface area contributed by atoms with Gasteiger partial charge in [0.2, 0.25) is 0 Å². The summed E-state index contributed by atoms with van der Waals surface area (Å²) in [6, 6.07) is 8.71. The van der Waals surface area contributed by atoms with E-state index in [1.54, 1.807) is 0 Å². The topological polar surface area (TPSA) is 39.1 Å². The number of hydrogen-bond acceptors (Lipinski definition) is 3. The average molecular weight is 273 g/mol. The molecule has 3 rings (SSSR count). The highest BCUT2D eigenvalue weighted by molar-refractivity contribution is 5.75. The molecule has 4 nitrogen and oxygen atoms in total. The number of rotatable bonds is 5. The Morgan fingerprint density at radius 3 is 3.00 bits per heavy atom. The highest BCUT2D eigenvalue weighted by atomic mass is 16.5. The zero-order chi connectivity index (χ0) is 13.9. The van der Waals surface area contributed by atoms with Gasteiger partial charge in [-0.15, -0.1) is 0 Å². The van der Waals surface area contributed by atoms with Crippen molar-refractivity contribution in [3.05, 3.63) is 30.1 Å². The summed E-state index contributed by atoms with van der Waals surface area (Å²) in [5, 5.41) is 3.41. The van der Waals surface area contributed by atoms with E-state index in [1.807, 2.05) is 7.05 Å². The van der Waals surface area contributed by atoms with Gasteiger partial charge in [-0.2, -0.15) is 0 Å². The first-order valence-corrected chi connectivity index (χ1v) is 7.56. The quantitative estimate of drug-likeness (QED) is 0.909. The minimum absolute atomic E-state index is 0.324. The van der Waals surface area contributed by atoms with Crippen LogP contribution in [0.4, 0.5) is 0 Å². The number of para-hydroxylation sites is 2. The van der Waals surface area contributed by atoms with Gasteiger partial charge < -0.3 is 14.6 Å². The normalized spacial score (nSPS) is 20.6. The average Bonchev–Trinajstić information content (AvgIpc) is 3.11. The molecular weight excluding hydrogens is 250 g/mol. The zero-order valence-electron chi connectivity index (χ0n) is 12.3. The minimum atomic E-state index is 0.324. The molecule has 1 aliphatic heterocycles. The third-order valence-electron chi connectivity index (χ3n) is 4.24. The summed E-state index contributed by atoms with van der Waals surface area (Å²) in [5.74, 6) is 1.16. The number of benzene rings is 1. The fraction of sp³-hybridized carbons (Fsp3) is 0.562. The lowest BCUT2D eigenvalue weighted by atomic mass is 10.0. The molecule has 0 aliphatic carbocycles. The molecule has 1 fully saturated rings. The molecule has 4 heteroatoms. The molecule has 0 bridgehead atoms. The molecule has 0 saturated carbocycles. The first-order chi connectivity index (χ1) is 9.83. The maximum absolute atomic E-state index is 5.83. The number of imidazole rings is 1. The Hall–Kier alpha value is -1.39. The number of aryl methyl sites for hydroxylation is 1. The van der Waals surface area contributed by atoms with Crippen LogP contribution in [0.5, 0.6) is 0 Å². The molecule has 0 amide bonds. The number of likely N-dealkylation sites (N-methyl/N-ethyl adjacent to an activating group) is 1. The third kappa shape index (κ3) is 2.45. The monoisotopic (exact) mass is 273 g/mol. The second kappa shape index (κ2) is 5.94. The van der Waals surface area contributed by atoms with Gasteiger partial charge >= 0.3 is 0 Å². The second-order valence-electron chi connectivity index (χ2n) is 5.41. The zero-order valence-corrected chi connectivity index (χ0v) is 12.3. The van der Waals surface area contributed by atoms with Crippen LogP contribution in [0.1, 0.15) is 25.6 Å². The Morgan fingerprint density at radius 2 is 2.30 bits per heavy atom. The Morgan fingerprint density at radius 1 is 1.45 bits per heavy atom. The van der Waals surface area contributed by atoms with E-state index in [-0.39, 0.29) is 0 Å². The molecule has 2 aromatic rings. The van der Waals surface area contributed by atoms with Gasteiger partial charge in [0, 0.05) is 25.6 Å². The summed E-state index contributed by atoms with van der Waals surface area (Å²) < 4.78 is 8.14. The van der Waals surface area contributed by atoms with Crippen molar-refractivity contribution in [3.8, 4) is 0 Å². The Bertz CT molecular complexity index is 572. The molecule has 1 aromatic heterocycles. The lowest BCUT2D eigenvalue weighted by Crippen LogP contribution is -2.39. The van der Waals surface area contributed by atoms with Gasteiger partial charge in [-0.25, -0.2) is 4.98 Å². The van der Waals surface area contributed by atoms with Gasteiger partial charge in [0.15, 0.2) is 0 Å². The van der Waals surface area contributed by atoms with E-state index in [4.69, 9.17) is 9.72 Å². The first-order valence-electron chi connectivity index (χ1n) is 7.56. The molecule has 2 heterocycles. The summed E-state index contributed by atoms with van der Waals surface area (Å²) >= 11 is 0. The van der Waals surface area contributed by atoms with Crippen LogP contribution < -0.4 is 5.32 Å². The number of nitrogens with one attached hydrogen (secondary N) is 1. The van der Waals surface area contributed by atoms with Crippen LogP contribution in [0.2, 0.25) is 0 Å². The molecule has 2 unspecified atom stereocenters. The predicted octanol–water partition coefficient (Wildman–Crippen LogP) is 2.37. The van der Waals surface area contributed by atoms with Crippen LogP contribution in [0.25, 0.3) is 11.0 Å². The molecular formula is C16H23N3O. The third-order valence-corrected chi connectivity index (χ3v) is 4.24. The van der Waals surface area contributed by atoms with Crippen molar-refractivity contribution in [2.24, 2.45) is 0 Å². The standard InChI is InChI=1S/C16H23N3O/c1-3-19-14-8-5-4-7-12(14)18-16(19)11-13(17-2)15-9-6-10-20-15/h4-5,7-8,13,15,17H,3,6,9-11H2,1-2H3. The van der Waals surface area contributed by atoms with E-state index in [0.717, 1.165) is 37.3 Å². The SMILES string of the molecule is CCn1c(CC(NC)C2CCCO2)nc2ccccc21. The fourth-order valence-electron chi connectivity index (χ4n) is 3.17. The fourth-order valence-corrected chi connectivity index (χ4v) is 3.17. The number of nitrogens with zero attached hydrogens (tertiary/aromatic N) is 2. The minimum Gasteiger partial charge on any atom is -0.377 e. The van der Waals surface area contributed by atoms with Gasteiger partial charge in [-0.3, -0.25) is 0 Å². The summed E-state index contributed by atoms with van der Waals surface area (Å²) in [6.07, 6.45) is 3.57. The summed E-state index contributed by atoms with van der Waals surface area (Å²) in [5.41, 5.74) is 2.32. The number of aromatic nitrogens is 2. The lowest BCUT2D eigenvalue weighted by molar-refractivity contribution is 0.0800. The molecule has 1 N–H and O–H groups in total. The Balaban J connectivity index is 1.88. The van der Waals surface area contributed by atoms with Crippen LogP contribution in [-0.2, 0) is 17.7 Å². The maximum Gasteiger partial charge on any atom is 0.111 e. The smallest absolute Gasteiger partial charge is 0.111 e. The van der Waals surface area contributed by atoms with Gasteiger partial charge in [0.05, 0.1) is 17.1 Å². The lowest BCUT2D eigenvalue weighted by Gasteiger charge is -2.22. The van der Waals surface area contributed by atoms with Crippen LogP contribution in [0.3, 0.4) is 0 Å².